The van der Waals surface area contributed by atoms with E-state index >= 15 is 0 Å². The first-order valence-corrected chi connectivity index (χ1v) is 11.7. The molecule has 0 aliphatic heterocycles. The summed E-state index contributed by atoms with van der Waals surface area (Å²) in [5.74, 6) is 1.29. The van der Waals surface area contributed by atoms with Gasteiger partial charge >= 0.3 is 0 Å². The zero-order chi connectivity index (χ0) is 24.4. The van der Waals surface area contributed by atoms with Crippen molar-refractivity contribution in [3.05, 3.63) is 112 Å². The van der Waals surface area contributed by atoms with Gasteiger partial charge in [0, 0.05) is 29.8 Å². The summed E-state index contributed by atoms with van der Waals surface area (Å²) in [5.41, 5.74) is 3.56. The van der Waals surface area contributed by atoms with Crippen LogP contribution < -0.4 is 15.5 Å². The van der Waals surface area contributed by atoms with Crippen LogP contribution in [0.4, 0.5) is 11.4 Å². The minimum Gasteiger partial charge on any atom is -0.489 e. The van der Waals surface area contributed by atoms with Gasteiger partial charge in [-0.25, -0.2) is 0 Å². The first-order valence-electron chi connectivity index (χ1n) is 11.7. The number of aliphatic hydroxyl groups excluding tert-OH is 1. The van der Waals surface area contributed by atoms with Gasteiger partial charge in [-0.15, -0.1) is 0 Å². The van der Waals surface area contributed by atoms with Crippen LogP contribution >= 0.6 is 0 Å². The molecule has 0 bridgehead atoms. The Balaban J connectivity index is 1.57. The zero-order valence-corrected chi connectivity index (χ0v) is 19.7. The van der Waals surface area contributed by atoms with E-state index in [0.717, 1.165) is 27.6 Å². The standard InChI is InChI=1S/C30H27NO4/c1-19(2)28-16-27(33)30-26(31-23-11-5-7-20(13-23)17-32)14-24(15-29(30)35-28)34-18-22-10-6-9-21-8-3-4-12-25(21)22/h3-16,19,31-32H,17-18H2,1-2H3. The molecule has 0 amide bonds. The molecule has 0 aliphatic carbocycles. The summed E-state index contributed by atoms with van der Waals surface area (Å²) in [6.45, 7) is 4.29. The number of hydrogen-bond donors (Lipinski definition) is 2. The lowest BCUT2D eigenvalue weighted by atomic mass is 10.1. The molecule has 1 heterocycles. The molecular formula is C30H27NO4. The minimum atomic E-state index is -0.114. The lowest BCUT2D eigenvalue weighted by molar-refractivity contribution is 0.282. The Bertz CT molecular complexity index is 1560. The quantitative estimate of drug-likeness (QED) is 0.274. The first-order chi connectivity index (χ1) is 17.0. The number of aliphatic hydroxyl groups is 1. The SMILES string of the molecule is CC(C)c1cc(=O)c2c(Nc3cccc(CO)c3)cc(OCc3cccc4ccccc34)cc2o1. The van der Waals surface area contributed by atoms with E-state index in [4.69, 9.17) is 9.15 Å². The highest BCUT2D eigenvalue weighted by molar-refractivity contribution is 5.93. The molecule has 176 valence electrons. The van der Waals surface area contributed by atoms with Crippen molar-refractivity contribution in [1.82, 2.24) is 0 Å². The number of anilines is 2. The van der Waals surface area contributed by atoms with Crippen LogP contribution in [0, 0.1) is 0 Å². The molecule has 2 N–H and O–H groups in total. The third-order valence-corrected chi connectivity index (χ3v) is 6.06. The van der Waals surface area contributed by atoms with Gasteiger partial charge in [-0.05, 0) is 34.0 Å². The van der Waals surface area contributed by atoms with Crippen LogP contribution in [0.15, 0.2) is 94.1 Å². The van der Waals surface area contributed by atoms with E-state index in [2.05, 4.69) is 29.6 Å². The number of rotatable bonds is 7. The smallest absolute Gasteiger partial charge is 0.195 e. The van der Waals surface area contributed by atoms with Crippen LogP contribution in [0.5, 0.6) is 5.75 Å². The Morgan fingerprint density at radius 3 is 2.57 bits per heavy atom. The fraction of sp³-hybridized carbons (Fsp3) is 0.167. The van der Waals surface area contributed by atoms with Gasteiger partial charge in [-0.3, -0.25) is 4.79 Å². The third kappa shape index (κ3) is 4.77. The van der Waals surface area contributed by atoms with Crippen LogP contribution in [-0.2, 0) is 13.2 Å². The highest BCUT2D eigenvalue weighted by Crippen LogP contribution is 2.32. The number of nitrogens with one attached hydrogen (secondary N) is 1. The molecule has 0 atom stereocenters. The monoisotopic (exact) mass is 465 g/mol. The number of hydrogen-bond acceptors (Lipinski definition) is 5. The summed E-state index contributed by atoms with van der Waals surface area (Å²) in [6.07, 6.45) is 0. The van der Waals surface area contributed by atoms with E-state index < -0.39 is 0 Å². The summed E-state index contributed by atoms with van der Waals surface area (Å²) >= 11 is 0. The molecule has 5 heteroatoms. The number of ether oxygens (including phenoxy) is 1. The lowest BCUT2D eigenvalue weighted by Crippen LogP contribution is -2.07. The molecular weight excluding hydrogens is 438 g/mol. The maximum absolute atomic E-state index is 13.1. The molecule has 0 saturated heterocycles. The Morgan fingerprint density at radius 2 is 1.74 bits per heavy atom. The van der Waals surface area contributed by atoms with Gasteiger partial charge in [-0.2, -0.15) is 0 Å². The minimum absolute atomic E-state index is 0.0651. The number of fused-ring (bicyclic) bond motifs is 2. The van der Waals surface area contributed by atoms with Gasteiger partial charge in [0.1, 0.15) is 23.7 Å². The molecule has 4 aromatic carbocycles. The van der Waals surface area contributed by atoms with Crippen molar-refractivity contribution in [3.8, 4) is 5.75 Å². The van der Waals surface area contributed by atoms with E-state index in [1.165, 1.54) is 0 Å². The normalized spacial score (nSPS) is 11.3. The molecule has 0 unspecified atom stereocenters. The van der Waals surface area contributed by atoms with Crippen molar-refractivity contribution in [2.75, 3.05) is 5.32 Å². The predicted octanol–water partition coefficient (Wildman–Crippen LogP) is 6.88. The Hall–Kier alpha value is -4.09. The van der Waals surface area contributed by atoms with Crippen LogP contribution in [0.2, 0.25) is 0 Å². The Labute approximate surface area is 203 Å². The second kappa shape index (κ2) is 9.65. The summed E-state index contributed by atoms with van der Waals surface area (Å²) in [7, 11) is 0. The Kier molecular flexibility index (Phi) is 6.25. The van der Waals surface area contributed by atoms with Gasteiger partial charge < -0.3 is 19.6 Å². The zero-order valence-electron chi connectivity index (χ0n) is 19.7. The molecule has 1 aromatic heterocycles. The summed E-state index contributed by atoms with van der Waals surface area (Å²) in [4.78, 5) is 13.1. The maximum atomic E-state index is 13.1. The van der Waals surface area contributed by atoms with Gasteiger partial charge in [0.2, 0.25) is 0 Å². The molecule has 5 nitrogen and oxygen atoms in total. The molecule has 35 heavy (non-hydrogen) atoms. The van der Waals surface area contributed by atoms with Crippen molar-refractivity contribution < 1.29 is 14.3 Å². The number of benzene rings is 4. The van der Waals surface area contributed by atoms with Crippen molar-refractivity contribution in [2.45, 2.75) is 33.0 Å². The second-order valence-corrected chi connectivity index (χ2v) is 8.92. The molecule has 5 aromatic rings. The van der Waals surface area contributed by atoms with E-state index in [0.29, 0.717) is 34.8 Å². The lowest BCUT2D eigenvalue weighted by Gasteiger charge is -2.15. The van der Waals surface area contributed by atoms with Crippen molar-refractivity contribution in [3.63, 3.8) is 0 Å². The van der Waals surface area contributed by atoms with Gasteiger partial charge in [-0.1, -0.05) is 68.4 Å². The van der Waals surface area contributed by atoms with Gasteiger partial charge in [0.05, 0.1) is 17.7 Å². The average Bonchev–Trinajstić information content (AvgIpc) is 2.87. The molecule has 0 aliphatic rings. The van der Waals surface area contributed by atoms with E-state index in [-0.39, 0.29) is 18.0 Å². The average molecular weight is 466 g/mol. The summed E-state index contributed by atoms with van der Waals surface area (Å²) in [6, 6.07) is 27.0. The fourth-order valence-electron chi connectivity index (χ4n) is 4.23. The first kappa shape index (κ1) is 22.7. The van der Waals surface area contributed by atoms with Crippen molar-refractivity contribution in [2.24, 2.45) is 0 Å². The maximum Gasteiger partial charge on any atom is 0.195 e. The summed E-state index contributed by atoms with van der Waals surface area (Å²) in [5, 5.41) is 15.6. The topological polar surface area (TPSA) is 71.7 Å². The second-order valence-electron chi connectivity index (χ2n) is 8.92. The van der Waals surface area contributed by atoms with Crippen LogP contribution in [0.1, 0.15) is 36.7 Å². The highest BCUT2D eigenvalue weighted by Gasteiger charge is 2.15. The van der Waals surface area contributed by atoms with Crippen LogP contribution in [-0.4, -0.2) is 5.11 Å². The molecule has 0 fully saturated rings. The predicted molar refractivity (Wildman–Crippen MR) is 141 cm³/mol. The molecule has 0 saturated carbocycles. The molecule has 0 spiro atoms. The third-order valence-electron chi connectivity index (χ3n) is 6.06. The molecule has 0 radical (unpaired) electrons. The summed E-state index contributed by atoms with van der Waals surface area (Å²) < 4.78 is 12.4. The van der Waals surface area contributed by atoms with Gasteiger partial charge in [0.25, 0.3) is 0 Å². The highest BCUT2D eigenvalue weighted by atomic mass is 16.5. The van der Waals surface area contributed by atoms with Crippen LogP contribution in [0.25, 0.3) is 21.7 Å². The van der Waals surface area contributed by atoms with E-state index in [1.807, 2.05) is 62.4 Å². The van der Waals surface area contributed by atoms with Crippen molar-refractivity contribution in [1.29, 1.82) is 0 Å². The van der Waals surface area contributed by atoms with E-state index in [9.17, 15) is 9.90 Å². The van der Waals surface area contributed by atoms with Gasteiger partial charge in [0.15, 0.2) is 5.43 Å². The fourth-order valence-corrected chi connectivity index (χ4v) is 4.23. The molecule has 5 rings (SSSR count). The Morgan fingerprint density at radius 1 is 0.943 bits per heavy atom. The van der Waals surface area contributed by atoms with Crippen molar-refractivity contribution >= 4 is 33.1 Å². The largest absolute Gasteiger partial charge is 0.489 e. The van der Waals surface area contributed by atoms with E-state index in [1.54, 1.807) is 12.1 Å². The van der Waals surface area contributed by atoms with Crippen LogP contribution in [0.3, 0.4) is 0 Å².